The highest BCUT2D eigenvalue weighted by Gasteiger charge is 2.20. The molecule has 1 aromatic heterocycles. The van der Waals surface area contributed by atoms with Crippen LogP contribution in [0.1, 0.15) is 10.4 Å². The highest BCUT2D eigenvalue weighted by molar-refractivity contribution is 9.10. The maximum atomic E-state index is 13.7. The van der Waals surface area contributed by atoms with Gasteiger partial charge in [-0.2, -0.15) is 0 Å². The number of benzene rings is 1. The zero-order valence-corrected chi connectivity index (χ0v) is 11.5. The number of rotatable bonds is 2. The van der Waals surface area contributed by atoms with Gasteiger partial charge in [0.2, 0.25) is 0 Å². The fourth-order valence-corrected chi connectivity index (χ4v) is 1.84. The number of nitrogens with one attached hydrogen (secondary N) is 1. The molecule has 0 aliphatic heterocycles. The zero-order chi connectivity index (χ0) is 14.9. The molecule has 2 aromatic rings. The molecule has 0 atom stereocenters. The highest BCUT2D eigenvalue weighted by atomic mass is 79.9. The van der Waals surface area contributed by atoms with Gasteiger partial charge in [-0.25, -0.2) is 13.8 Å². The molecule has 1 amide bonds. The molecule has 0 saturated carbocycles. The summed E-state index contributed by atoms with van der Waals surface area (Å²) in [5.74, 6) is -2.85. The Morgan fingerprint density at radius 2 is 2.00 bits per heavy atom. The normalized spacial score (nSPS) is 10.3. The monoisotopic (exact) mass is 342 g/mol. The van der Waals surface area contributed by atoms with E-state index in [0.717, 1.165) is 12.1 Å². The molecule has 104 valence electrons. The first-order valence-electron chi connectivity index (χ1n) is 5.36. The van der Waals surface area contributed by atoms with E-state index in [1.54, 1.807) is 0 Å². The van der Waals surface area contributed by atoms with Gasteiger partial charge in [0.05, 0.1) is 22.0 Å². The van der Waals surface area contributed by atoms with Crippen molar-refractivity contribution in [3.05, 3.63) is 46.1 Å². The summed E-state index contributed by atoms with van der Waals surface area (Å²) in [6, 6.07) is 3.43. The number of carbonyl (C=O) groups is 1. The first-order valence-corrected chi connectivity index (χ1v) is 6.15. The summed E-state index contributed by atoms with van der Waals surface area (Å²) in [6.45, 7) is 0. The van der Waals surface area contributed by atoms with Crippen LogP contribution in [0.2, 0.25) is 0 Å². The van der Waals surface area contributed by atoms with Gasteiger partial charge in [-0.15, -0.1) is 0 Å². The number of nitrogens with two attached hydrogens (primary N) is 2. The van der Waals surface area contributed by atoms with Crippen LogP contribution < -0.4 is 16.8 Å². The van der Waals surface area contributed by atoms with Crippen LogP contribution in [0.25, 0.3) is 0 Å². The number of nitrogens with zero attached hydrogens (tertiary/aromatic N) is 1. The summed E-state index contributed by atoms with van der Waals surface area (Å²) in [5.41, 5.74) is 9.97. The van der Waals surface area contributed by atoms with E-state index in [0.29, 0.717) is 4.47 Å². The molecule has 0 radical (unpaired) electrons. The summed E-state index contributed by atoms with van der Waals surface area (Å²) < 4.78 is 27.7. The van der Waals surface area contributed by atoms with E-state index in [4.69, 9.17) is 11.5 Å². The lowest BCUT2D eigenvalue weighted by atomic mass is 10.1. The lowest BCUT2D eigenvalue weighted by Gasteiger charge is -2.09. The third-order valence-corrected chi connectivity index (χ3v) is 3.11. The van der Waals surface area contributed by atoms with Gasteiger partial charge in [0.1, 0.15) is 17.2 Å². The summed E-state index contributed by atoms with van der Waals surface area (Å²) in [4.78, 5) is 15.7. The van der Waals surface area contributed by atoms with Crippen LogP contribution in [0, 0.1) is 11.6 Å². The first-order chi connectivity index (χ1) is 9.40. The van der Waals surface area contributed by atoms with Crippen LogP contribution in [-0.2, 0) is 0 Å². The number of hydrogen-bond acceptors (Lipinski definition) is 4. The Kier molecular flexibility index (Phi) is 3.84. The van der Waals surface area contributed by atoms with Gasteiger partial charge >= 0.3 is 0 Å². The van der Waals surface area contributed by atoms with E-state index in [9.17, 15) is 13.6 Å². The van der Waals surface area contributed by atoms with Crippen LogP contribution in [-0.4, -0.2) is 10.9 Å². The Hall–Kier alpha value is -2.22. The smallest absolute Gasteiger partial charge is 0.261 e. The summed E-state index contributed by atoms with van der Waals surface area (Å²) in [6.07, 6.45) is 1.26. The Labute approximate surface area is 121 Å². The van der Waals surface area contributed by atoms with Gasteiger partial charge in [0.25, 0.3) is 5.91 Å². The molecule has 0 bridgehead atoms. The van der Waals surface area contributed by atoms with Gasteiger partial charge in [-0.1, -0.05) is 0 Å². The Balaban J connectivity index is 2.33. The average Bonchev–Trinajstić information content (AvgIpc) is 2.39. The van der Waals surface area contributed by atoms with E-state index in [-0.39, 0.29) is 17.2 Å². The molecule has 5 N–H and O–H groups in total. The van der Waals surface area contributed by atoms with Crippen molar-refractivity contribution in [3.8, 4) is 0 Å². The van der Waals surface area contributed by atoms with Crippen LogP contribution in [0.5, 0.6) is 0 Å². The van der Waals surface area contributed by atoms with E-state index in [1.807, 2.05) is 0 Å². The second-order valence-corrected chi connectivity index (χ2v) is 4.73. The molecule has 2 rings (SSSR count). The average molecular weight is 343 g/mol. The summed E-state index contributed by atoms with van der Waals surface area (Å²) in [5, 5.41) is 2.31. The largest absolute Gasteiger partial charge is 0.396 e. The van der Waals surface area contributed by atoms with E-state index < -0.39 is 23.1 Å². The maximum absolute atomic E-state index is 13.7. The number of aromatic nitrogens is 1. The Bertz CT molecular complexity index is 693. The van der Waals surface area contributed by atoms with Gasteiger partial charge < -0.3 is 16.8 Å². The molecule has 0 fully saturated rings. The Morgan fingerprint density at radius 3 is 2.65 bits per heavy atom. The summed E-state index contributed by atoms with van der Waals surface area (Å²) >= 11 is 3.13. The van der Waals surface area contributed by atoms with Gasteiger partial charge in [0, 0.05) is 0 Å². The van der Waals surface area contributed by atoms with Crippen molar-refractivity contribution in [1.82, 2.24) is 4.98 Å². The van der Waals surface area contributed by atoms with Crippen molar-refractivity contribution >= 4 is 39.0 Å². The minimum absolute atomic E-state index is 0.226. The molecule has 20 heavy (non-hydrogen) atoms. The number of nitrogen functional groups attached to an aromatic ring is 2. The molecule has 0 saturated heterocycles. The molecule has 8 heteroatoms. The van der Waals surface area contributed by atoms with Crippen molar-refractivity contribution in [1.29, 1.82) is 0 Å². The predicted octanol–water partition coefficient (Wildman–Crippen LogP) is 2.54. The number of halogens is 3. The van der Waals surface area contributed by atoms with Crippen LogP contribution in [0.3, 0.4) is 0 Å². The number of hydrogen-bond donors (Lipinski definition) is 3. The molecule has 1 heterocycles. The maximum Gasteiger partial charge on any atom is 0.261 e. The van der Waals surface area contributed by atoms with E-state index >= 15 is 0 Å². The minimum Gasteiger partial charge on any atom is -0.396 e. The number of anilines is 3. The van der Waals surface area contributed by atoms with Crippen LogP contribution in [0.4, 0.5) is 26.0 Å². The van der Waals surface area contributed by atoms with Crippen molar-refractivity contribution in [3.63, 3.8) is 0 Å². The molecule has 0 aliphatic carbocycles. The second-order valence-electron chi connectivity index (χ2n) is 3.87. The Morgan fingerprint density at radius 1 is 1.30 bits per heavy atom. The molecule has 0 aliphatic rings. The van der Waals surface area contributed by atoms with Crippen LogP contribution >= 0.6 is 15.9 Å². The number of carbonyl (C=O) groups excluding carboxylic acids is 1. The SMILES string of the molecule is Nc1ccc(F)c(C(=O)Nc2cnc(N)c(Br)c2)c1F. The molecule has 0 unspecified atom stereocenters. The van der Waals surface area contributed by atoms with Gasteiger partial charge in [-0.05, 0) is 34.1 Å². The minimum atomic E-state index is -1.11. The fourth-order valence-electron chi connectivity index (χ4n) is 1.49. The van der Waals surface area contributed by atoms with Gasteiger partial charge in [0.15, 0.2) is 5.82 Å². The van der Waals surface area contributed by atoms with Crippen molar-refractivity contribution < 1.29 is 13.6 Å². The van der Waals surface area contributed by atoms with Crippen molar-refractivity contribution in [2.75, 3.05) is 16.8 Å². The van der Waals surface area contributed by atoms with Crippen molar-refractivity contribution in [2.24, 2.45) is 0 Å². The first kappa shape index (κ1) is 14.2. The predicted molar refractivity (Wildman–Crippen MR) is 75.1 cm³/mol. The molecule has 0 spiro atoms. The number of pyridine rings is 1. The highest BCUT2D eigenvalue weighted by Crippen LogP contribution is 2.23. The topological polar surface area (TPSA) is 94.0 Å². The molecular weight excluding hydrogens is 334 g/mol. The van der Waals surface area contributed by atoms with Crippen LogP contribution in [0.15, 0.2) is 28.9 Å². The zero-order valence-electron chi connectivity index (χ0n) is 9.95. The summed E-state index contributed by atoms with van der Waals surface area (Å²) in [7, 11) is 0. The lowest BCUT2D eigenvalue weighted by Crippen LogP contribution is -2.17. The molecule has 5 nitrogen and oxygen atoms in total. The quantitative estimate of drug-likeness (QED) is 0.731. The number of amides is 1. The second kappa shape index (κ2) is 5.41. The molecular formula is C12H9BrF2N4O. The van der Waals surface area contributed by atoms with Gasteiger partial charge in [-0.3, -0.25) is 4.79 Å². The van der Waals surface area contributed by atoms with Crippen molar-refractivity contribution in [2.45, 2.75) is 0 Å². The van der Waals surface area contributed by atoms with E-state index in [2.05, 4.69) is 26.2 Å². The molecule has 1 aromatic carbocycles. The van der Waals surface area contributed by atoms with E-state index in [1.165, 1.54) is 12.3 Å². The third kappa shape index (κ3) is 2.69. The lowest BCUT2D eigenvalue weighted by molar-refractivity contribution is 0.101. The third-order valence-electron chi connectivity index (χ3n) is 2.48. The standard InChI is InChI=1S/C12H9BrF2N4O/c13-6-3-5(4-18-11(6)17)19-12(20)9-7(14)1-2-8(16)10(9)15/h1-4H,16H2,(H2,17,18)(H,19,20). The fraction of sp³-hybridized carbons (Fsp3) is 0.